The molecule has 0 saturated carbocycles. The number of carbonyl (C=O) groups excluding carboxylic acids is 1. The second-order valence-electron chi connectivity index (χ2n) is 12.2. The molecule has 0 spiro atoms. The summed E-state index contributed by atoms with van der Waals surface area (Å²) in [6, 6.07) is 4.21. The lowest BCUT2D eigenvalue weighted by molar-refractivity contribution is -0.137. The average molecular weight is 590 g/mol. The highest BCUT2D eigenvalue weighted by Crippen LogP contribution is 2.43. The predicted molar refractivity (Wildman–Crippen MR) is 152 cm³/mol. The maximum atomic E-state index is 13.5. The molecule has 3 aliphatic rings. The van der Waals surface area contributed by atoms with Crippen molar-refractivity contribution in [3.63, 3.8) is 0 Å². The Morgan fingerprint density at radius 1 is 1.07 bits per heavy atom. The van der Waals surface area contributed by atoms with Gasteiger partial charge in [0.25, 0.3) is 5.91 Å². The summed E-state index contributed by atoms with van der Waals surface area (Å²) < 4.78 is 51.8. The monoisotopic (exact) mass is 589 g/mol. The van der Waals surface area contributed by atoms with Gasteiger partial charge in [-0.05, 0) is 63.8 Å². The summed E-state index contributed by atoms with van der Waals surface area (Å²) in [4.78, 5) is 28.6. The summed E-state index contributed by atoms with van der Waals surface area (Å²) in [6.45, 7) is 12.8. The van der Waals surface area contributed by atoms with E-state index in [2.05, 4.69) is 33.6 Å². The van der Waals surface area contributed by atoms with Gasteiger partial charge in [0.2, 0.25) is 0 Å². The topological polar surface area (TPSA) is 71.0 Å². The number of hydrogen-bond donors (Lipinski definition) is 0. The lowest BCUT2D eigenvalue weighted by Gasteiger charge is -2.53. The van der Waals surface area contributed by atoms with Crippen LogP contribution < -0.4 is 0 Å². The Bertz CT molecular complexity index is 1260. The van der Waals surface area contributed by atoms with Crippen LogP contribution in [-0.4, -0.2) is 101 Å². The number of aromatic nitrogens is 2. The number of alkyl halides is 3. The first-order valence-corrected chi connectivity index (χ1v) is 14.8. The highest BCUT2D eigenvalue weighted by Gasteiger charge is 2.45. The van der Waals surface area contributed by atoms with E-state index < -0.39 is 11.7 Å². The van der Waals surface area contributed by atoms with Crippen molar-refractivity contribution in [1.82, 2.24) is 24.7 Å². The van der Waals surface area contributed by atoms with Gasteiger partial charge in [-0.25, -0.2) is 9.97 Å². The molecule has 5 rings (SSSR count). The second-order valence-corrected chi connectivity index (χ2v) is 12.2. The fourth-order valence-corrected chi connectivity index (χ4v) is 7.04. The first-order chi connectivity index (χ1) is 19.9. The lowest BCUT2D eigenvalue weighted by Crippen LogP contribution is -2.62. The van der Waals surface area contributed by atoms with Gasteiger partial charge in [0.1, 0.15) is 6.33 Å². The molecular formula is C31H42F3N5O3. The van der Waals surface area contributed by atoms with Gasteiger partial charge >= 0.3 is 6.18 Å². The molecule has 0 bridgehead atoms. The zero-order chi connectivity index (χ0) is 30.2. The highest BCUT2D eigenvalue weighted by molar-refractivity contribution is 5.96. The van der Waals surface area contributed by atoms with Crippen LogP contribution in [0.25, 0.3) is 0 Å². The molecule has 2 saturated heterocycles. The highest BCUT2D eigenvalue weighted by atomic mass is 19.4. The van der Waals surface area contributed by atoms with Crippen molar-refractivity contribution < 1.29 is 27.4 Å². The number of fused-ring (bicyclic) bond motifs is 1. The van der Waals surface area contributed by atoms with E-state index in [1.54, 1.807) is 13.2 Å². The summed E-state index contributed by atoms with van der Waals surface area (Å²) in [5.41, 5.74) is 3.00. The van der Waals surface area contributed by atoms with Crippen molar-refractivity contribution in [1.29, 1.82) is 0 Å². The van der Waals surface area contributed by atoms with Crippen molar-refractivity contribution >= 4 is 5.91 Å². The van der Waals surface area contributed by atoms with Crippen LogP contribution in [0, 0.1) is 13.8 Å². The fourth-order valence-electron chi connectivity index (χ4n) is 7.04. The van der Waals surface area contributed by atoms with Crippen LogP contribution in [0.15, 0.2) is 24.5 Å². The van der Waals surface area contributed by atoms with Crippen LogP contribution in [-0.2, 0) is 22.1 Å². The van der Waals surface area contributed by atoms with E-state index >= 15 is 0 Å². The number of halogens is 3. The molecule has 2 aromatic rings. The Balaban J connectivity index is 1.27. The minimum Gasteiger partial charge on any atom is -0.382 e. The Morgan fingerprint density at radius 2 is 1.76 bits per heavy atom. The molecule has 2 fully saturated rings. The third kappa shape index (κ3) is 6.06. The molecule has 3 heterocycles. The molecule has 230 valence electrons. The van der Waals surface area contributed by atoms with E-state index in [-0.39, 0.29) is 29.6 Å². The second kappa shape index (κ2) is 12.2. The number of ether oxygens (including phenoxy) is 2. The number of aryl methyl sites for hydroxylation is 2. The minimum atomic E-state index is -4.37. The van der Waals surface area contributed by atoms with E-state index in [1.165, 1.54) is 18.5 Å². The number of piperazine rings is 1. The third-order valence-electron chi connectivity index (χ3n) is 9.55. The number of rotatable bonds is 7. The van der Waals surface area contributed by atoms with Crippen molar-refractivity contribution in [2.45, 2.75) is 76.9 Å². The Hall–Kier alpha value is -2.60. The number of piperidine rings is 1. The van der Waals surface area contributed by atoms with E-state index in [1.807, 2.05) is 18.7 Å². The Labute approximate surface area is 246 Å². The van der Waals surface area contributed by atoms with Crippen molar-refractivity contribution in [2.75, 3.05) is 53.0 Å². The number of methoxy groups -OCH3 is 1. The van der Waals surface area contributed by atoms with E-state index in [9.17, 15) is 18.0 Å². The van der Waals surface area contributed by atoms with Gasteiger partial charge in [0, 0.05) is 57.8 Å². The van der Waals surface area contributed by atoms with Crippen LogP contribution in [0.1, 0.15) is 71.2 Å². The first kappa shape index (κ1) is 30.8. The number of nitrogens with zero attached hydrogens (tertiary/aromatic N) is 5. The fraction of sp³-hybridized carbons (Fsp3) is 0.645. The number of likely N-dealkylation sites (tertiary alicyclic amines) is 1. The quantitative estimate of drug-likeness (QED) is 0.443. The van der Waals surface area contributed by atoms with Crippen LogP contribution in [0.3, 0.4) is 0 Å². The molecule has 1 aromatic carbocycles. The van der Waals surface area contributed by atoms with E-state index in [0.717, 1.165) is 38.0 Å². The molecule has 1 amide bonds. The maximum absolute atomic E-state index is 13.5. The largest absolute Gasteiger partial charge is 0.416 e. The van der Waals surface area contributed by atoms with Gasteiger partial charge in [-0.3, -0.25) is 14.6 Å². The number of amides is 1. The van der Waals surface area contributed by atoms with E-state index in [0.29, 0.717) is 55.2 Å². The maximum Gasteiger partial charge on any atom is 0.416 e. The summed E-state index contributed by atoms with van der Waals surface area (Å²) in [6.07, 6.45) is -0.924. The molecular weight excluding hydrogens is 547 g/mol. The standard InChI is InChI=1S/C31H42F3N5O3/c1-20-18-38(30(4)8-10-37(11-9-30)29(40)27-21(2)35-19-36-22(27)3)12-13-39(20)28-25-7-6-24(31(32,33)34)16-23(25)17-26(28)42-15-14-41-5/h6-7,16,19-20,26,28H,8-15,17-18H2,1-5H3/t20?,26?,28-/m1/s1. The van der Waals surface area contributed by atoms with Gasteiger partial charge in [-0.1, -0.05) is 6.07 Å². The molecule has 42 heavy (non-hydrogen) atoms. The van der Waals surface area contributed by atoms with Gasteiger partial charge in [-0.2, -0.15) is 13.2 Å². The van der Waals surface area contributed by atoms with E-state index in [4.69, 9.17) is 9.47 Å². The van der Waals surface area contributed by atoms with Crippen LogP contribution >= 0.6 is 0 Å². The average Bonchev–Trinajstić information content (AvgIpc) is 3.30. The van der Waals surface area contributed by atoms with Gasteiger partial charge in [0.15, 0.2) is 0 Å². The Kier molecular flexibility index (Phi) is 8.95. The van der Waals surface area contributed by atoms with Gasteiger partial charge < -0.3 is 14.4 Å². The lowest BCUT2D eigenvalue weighted by atomic mass is 9.86. The number of hydrogen-bond acceptors (Lipinski definition) is 7. The molecule has 3 atom stereocenters. The van der Waals surface area contributed by atoms with Crippen molar-refractivity contribution in [2.24, 2.45) is 0 Å². The smallest absolute Gasteiger partial charge is 0.382 e. The number of carbonyl (C=O) groups is 1. The molecule has 11 heteroatoms. The minimum absolute atomic E-state index is 0.000989. The molecule has 0 radical (unpaired) electrons. The molecule has 1 aliphatic carbocycles. The number of benzene rings is 1. The zero-order valence-electron chi connectivity index (χ0n) is 25.2. The molecule has 0 N–H and O–H groups in total. The van der Waals surface area contributed by atoms with Gasteiger partial charge in [-0.15, -0.1) is 0 Å². The van der Waals surface area contributed by atoms with Crippen LogP contribution in [0.2, 0.25) is 0 Å². The van der Waals surface area contributed by atoms with Crippen LogP contribution in [0.4, 0.5) is 13.2 Å². The summed E-state index contributed by atoms with van der Waals surface area (Å²) in [5, 5.41) is 0. The molecule has 2 unspecified atom stereocenters. The zero-order valence-corrected chi connectivity index (χ0v) is 25.2. The van der Waals surface area contributed by atoms with Gasteiger partial charge in [0.05, 0.1) is 47.9 Å². The summed E-state index contributed by atoms with van der Waals surface area (Å²) >= 11 is 0. The Morgan fingerprint density at radius 3 is 2.38 bits per heavy atom. The molecule has 8 nitrogen and oxygen atoms in total. The van der Waals surface area contributed by atoms with Crippen molar-refractivity contribution in [3.05, 3.63) is 58.2 Å². The SMILES string of the molecule is COCCOC1Cc2cc(C(F)(F)F)ccc2[C@H]1N1CCN(C2(C)CCN(C(=O)c3c(C)ncnc3C)CC2)CC1C. The molecule has 2 aliphatic heterocycles. The molecule has 1 aromatic heterocycles. The normalized spacial score (nSPS) is 25.0. The third-order valence-corrected chi connectivity index (χ3v) is 9.55. The summed E-state index contributed by atoms with van der Waals surface area (Å²) in [5.74, 6) is -0.000989. The van der Waals surface area contributed by atoms with Crippen LogP contribution in [0.5, 0.6) is 0 Å². The first-order valence-electron chi connectivity index (χ1n) is 14.8. The predicted octanol–water partition coefficient (Wildman–Crippen LogP) is 4.44. The van der Waals surface area contributed by atoms with Crippen molar-refractivity contribution in [3.8, 4) is 0 Å². The summed E-state index contributed by atoms with van der Waals surface area (Å²) in [7, 11) is 1.61.